The van der Waals surface area contributed by atoms with Crippen molar-refractivity contribution in [1.29, 1.82) is 0 Å². The number of hydrogen-bond acceptors (Lipinski definition) is 7. The van der Waals surface area contributed by atoms with Gasteiger partial charge in [0.2, 0.25) is 11.8 Å². The number of anilines is 1. The number of carboxylic acid groups (broad SMARTS) is 1. The van der Waals surface area contributed by atoms with Gasteiger partial charge in [0.15, 0.2) is 0 Å². The van der Waals surface area contributed by atoms with Gasteiger partial charge in [0.25, 0.3) is 5.91 Å². The van der Waals surface area contributed by atoms with E-state index in [1.165, 1.54) is 12.1 Å². The second-order valence-electron chi connectivity index (χ2n) is 11.2. The van der Waals surface area contributed by atoms with Gasteiger partial charge in [-0.3, -0.25) is 19.7 Å². The van der Waals surface area contributed by atoms with Crippen LogP contribution in [0.2, 0.25) is 0 Å². The average Bonchev–Trinajstić information content (AvgIpc) is 2.97. The highest BCUT2D eigenvalue weighted by Crippen LogP contribution is 2.21. The lowest BCUT2D eigenvalue weighted by molar-refractivity contribution is -0.139. The first-order valence-electron chi connectivity index (χ1n) is 14.5. The van der Waals surface area contributed by atoms with Gasteiger partial charge in [0.1, 0.15) is 6.04 Å². The van der Waals surface area contributed by atoms with Crippen molar-refractivity contribution in [3.05, 3.63) is 29.8 Å². The molecule has 12 nitrogen and oxygen atoms in total. The van der Waals surface area contributed by atoms with Gasteiger partial charge in [0.05, 0.1) is 12.5 Å². The fraction of sp³-hybridized carbons (Fsp3) is 0.621. The van der Waals surface area contributed by atoms with Crippen molar-refractivity contribution in [2.75, 3.05) is 44.6 Å². The number of likely N-dealkylation sites (tertiary alicyclic amines) is 1. The van der Waals surface area contributed by atoms with Gasteiger partial charge in [-0.1, -0.05) is 19.9 Å². The van der Waals surface area contributed by atoms with Gasteiger partial charge in [-0.05, 0) is 75.2 Å². The minimum absolute atomic E-state index is 0.0570. The third-order valence-corrected chi connectivity index (χ3v) is 7.37. The molecule has 1 aromatic carbocycles. The molecule has 0 bridgehead atoms. The molecular weight excluding hydrogens is 530 g/mol. The summed E-state index contributed by atoms with van der Waals surface area (Å²) in [6.45, 7) is 6.64. The minimum atomic E-state index is -1.37. The smallest absolute Gasteiger partial charge is 0.411 e. The van der Waals surface area contributed by atoms with Crippen LogP contribution in [0.25, 0.3) is 0 Å². The number of piperidine rings is 2. The average molecular weight is 574 g/mol. The summed E-state index contributed by atoms with van der Waals surface area (Å²) >= 11 is 0. The second-order valence-corrected chi connectivity index (χ2v) is 11.2. The van der Waals surface area contributed by atoms with Gasteiger partial charge in [0, 0.05) is 37.3 Å². The quantitative estimate of drug-likeness (QED) is 0.254. The Hall–Kier alpha value is -3.67. The maximum absolute atomic E-state index is 12.9. The minimum Gasteiger partial charge on any atom is -0.480 e. The number of hydrogen-bond donors (Lipinski definition) is 5. The summed E-state index contributed by atoms with van der Waals surface area (Å²) in [6, 6.07) is 4.64. The Labute approximate surface area is 240 Å². The molecule has 0 spiro atoms. The maximum Gasteiger partial charge on any atom is 0.411 e. The molecule has 2 saturated heterocycles. The first-order chi connectivity index (χ1) is 19.6. The first kappa shape index (κ1) is 31.9. The Bertz CT molecular complexity index is 1070. The molecule has 2 aliphatic rings. The lowest BCUT2D eigenvalue weighted by atomic mass is 9.92. The molecule has 2 fully saturated rings. The lowest BCUT2D eigenvalue weighted by Gasteiger charge is -2.33. The Kier molecular flexibility index (Phi) is 12.4. The highest BCUT2D eigenvalue weighted by molar-refractivity contribution is 5.98. The molecule has 5 N–H and O–H groups in total. The number of nitrogens with zero attached hydrogens (tertiary/aromatic N) is 1. The van der Waals surface area contributed by atoms with Crippen LogP contribution in [0.1, 0.15) is 62.7 Å². The molecule has 0 saturated carbocycles. The molecule has 0 aromatic heterocycles. The van der Waals surface area contributed by atoms with Crippen molar-refractivity contribution in [3.63, 3.8) is 0 Å². The third kappa shape index (κ3) is 10.7. The van der Waals surface area contributed by atoms with Crippen LogP contribution in [-0.4, -0.2) is 85.2 Å². The van der Waals surface area contributed by atoms with E-state index < -0.39 is 29.9 Å². The number of nitrogens with one attached hydrogen (secondary N) is 4. The maximum atomic E-state index is 12.9. The Morgan fingerprint density at radius 1 is 1.12 bits per heavy atom. The second kappa shape index (κ2) is 15.9. The van der Waals surface area contributed by atoms with E-state index in [1.54, 1.807) is 17.0 Å². The number of benzene rings is 1. The van der Waals surface area contributed by atoms with Crippen molar-refractivity contribution in [2.45, 2.75) is 58.4 Å². The van der Waals surface area contributed by atoms with E-state index in [-0.39, 0.29) is 36.4 Å². The van der Waals surface area contributed by atoms with Gasteiger partial charge in [-0.15, -0.1) is 0 Å². The van der Waals surface area contributed by atoms with Gasteiger partial charge in [-0.25, -0.2) is 9.59 Å². The van der Waals surface area contributed by atoms with E-state index >= 15 is 0 Å². The van der Waals surface area contributed by atoms with Crippen molar-refractivity contribution >= 4 is 35.5 Å². The van der Waals surface area contributed by atoms with Crippen molar-refractivity contribution in [3.8, 4) is 0 Å². The molecular formula is C29H43N5O7. The molecule has 1 aromatic rings. The highest BCUT2D eigenvalue weighted by Gasteiger charge is 2.30. The van der Waals surface area contributed by atoms with Crippen LogP contribution in [0, 0.1) is 17.8 Å². The number of carbonyl (C=O) groups excluding carboxylic acids is 4. The van der Waals surface area contributed by atoms with Crippen LogP contribution in [0.4, 0.5) is 10.5 Å². The molecule has 3 rings (SSSR count). The van der Waals surface area contributed by atoms with E-state index in [0.29, 0.717) is 44.0 Å². The van der Waals surface area contributed by atoms with Gasteiger partial charge in [-0.2, -0.15) is 0 Å². The summed E-state index contributed by atoms with van der Waals surface area (Å²) in [5.41, 5.74) is 0.453. The number of rotatable bonds is 12. The molecule has 2 heterocycles. The summed E-state index contributed by atoms with van der Waals surface area (Å²) in [4.78, 5) is 64.0. The molecule has 0 radical (unpaired) electrons. The van der Waals surface area contributed by atoms with Crippen molar-refractivity contribution < 1.29 is 33.8 Å². The number of carbonyl (C=O) groups is 5. The fourth-order valence-electron chi connectivity index (χ4n) is 5.00. The van der Waals surface area contributed by atoms with Crippen LogP contribution < -0.4 is 21.3 Å². The van der Waals surface area contributed by atoms with E-state index in [2.05, 4.69) is 21.3 Å². The van der Waals surface area contributed by atoms with Crippen molar-refractivity contribution in [1.82, 2.24) is 20.9 Å². The summed E-state index contributed by atoms with van der Waals surface area (Å²) in [6.07, 6.45) is 4.13. The standard InChI is InChI=1S/C29H43N5O7/c1-19(2)18-41-29(40)32-23-7-3-5-21(15-23)27(37)33-24(28(38)39)16-31-26(36)22-6-4-14-34(17-22)25(35)9-8-20-10-12-30-13-11-20/h3,5,7,15,19-20,22,24,30H,4,6,8-14,16-18H2,1-2H3,(H,31,36)(H,32,40)(H,33,37)(H,38,39)/t22-,24-/m1/s1. The van der Waals surface area contributed by atoms with E-state index in [1.807, 2.05) is 13.8 Å². The van der Waals surface area contributed by atoms with Crippen LogP contribution >= 0.6 is 0 Å². The summed E-state index contributed by atoms with van der Waals surface area (Å²) in [5.74, 6) is -1.97. The molecule has 41 heavy (non-hydrogen) atoms. The highest BCUT2D eigenvalue weighted by atomic mass is 16.5. The summed E-state index contributed by atoms with van der Waals surface area (Å²) in [5, 5.41) is 20.6. The Balaban J connectivity index is 1.47. The van der Waals surface area contributed by atoms with Crippen molar-refractivity contribution in [2.24, 2.45) is 17.8 Å². The predicted molar refractivity (Wildman–Crippen MR) is 152 cm³/mol. The SMILES string of the molecule is CC(C)COC(=O)Nc1cccc(C(=O)N[C@H](CNC(=O)[C@@H]2CCCN(C(=O)CCC3CCNCC3)C2)C(=O)O)c1. The Morgan fingerprint density at radius 2 is 1.88 bits per heavy atom. The molecule has 226 valence electrons. The van der Waals surface area contributed by atoms with Crippen LogP contribution in [0.3, 0.4) is 0 Å². The molecule has 4 amide bonds. The monoisotopic (exact) mass is 573 g/mol. The largest absolute Gasteiger partial charge is 0.480 e. The van der Waals surface area contributed by atoms with E-state index in [4.69, 9.17) is 4.74 Å². The number of ether oxygens (including phenoxy) is 1. The topological polar surface area (TPSA) is 166 Å². The first-order valence-corrected chi connectivity index (χ1v) is 14.5. The molecule has 2 aliphatic heterocycles. The van der Waals surface area contributed by atoms with Crippen LogP contribution in [-0.2, 0) is 19.1 Å². The van der Waals surface area contributed by atoms with E-state index in [0.717, 1.165) is 32.4 Å². The number of aliphatic carboxylic acids is 1. The van der Waals surface area contributed by atoms with E-state index in [9.17, 15) is 29.1 Å². The zero-order valence-electron chi connectivity index (χ0n) is 23.9. The summed E-state index contributed by atoms with van der Waals surface area (Å²) in [7, 11) is 0. The Morgan fingerprint density at radius 3 is 2.59 bits per heavy atom. The molecule has 12 heteroatoms. The lowest BCUT2D eigenvalue weighted by Crippen LogP contribution is -2.51. The molecule has 2 atom stereocenters. The number of amides is 4. The summed E-state index contributed by atoms with van der Waals surface area (Å²) < 4.78 is 5.07. The van der Waals surface area contributed by atoms with Gasteiger partial charge >= 0.3 is 12.1 Å². The van der Waals surface area contributed by atoms with Crippen LogP contribution in [0.5, 0.6) is 0 Å². The molecule has 0 unspecified atom stereocenters. The number of carboxylic acids is 1. The normalized spacial score (nSPS) is 18.3. The van der Waals surface area contributed by atoms with Crippen LogP contribution in [0.15, 0.2) is 24.3 Å². The third-order valence-electron chi connectivity index (χ3n) is 7.37. The molecule has 0 aliphatic carbocycles. The zero-order valence-corrected chi connectivity index (χ0v) is 23.9. The van der Waals surface area contributed by atoms with Gasteiger partial charge < -0.3 is 30.7 Å². The zero-order chi connectivity index (χ0) is 29.8. The predicted octanol–water partition coefficient (Wildman–Crippen LogP) is 2.21. The fourth-order valence-corrected chi connectivity index (χ4v) is 5.00.